The van der Waals surface area contributed by atoms with E-state index in [1.165, 1.54) is 11.3 Å². The molecule has 1 amide bonds. The van der Waals surface area contributed by atoms with E-state index in [1.54, 1.807) is 0 Å². The fourth-order valence-electron chi connectivity index (χ4n) is 4.48. The number of aryl methyl sites for hydroxylation is 1. The van der Waals surface area contributed by atoms with Gasteiger partial charge in [-0.05, 0) is 37.3 Å². The molecule has 2 aliphatic rings. The van der Waals surface area contributed by atoms with Crippen molar-refractivity contribution in [2.75, 3.05) is 44.4 Å². The normalized spacial score (nSPS) is 18.6. The quantitative estimate of drug-likeness (QED) is 0.514. The molecule has 2 fully saturated rings. The number of rotatable bonds is 7. The van der Waals surface area contributed by atoms with Crippen molar-refractivity contribution in [3.8, 4) is 11.3 Å². The van der Waals surface area contributed by atoms with Gasteiger partial charge >= 0.3 is 0 Å². The summed E-state index contributed by atoms with van der Waals surface area (Å²) in [5, 5.41) is 6.42. The van der Waals surface area contributed by atoms with E-state index in [0.717, 1.165) is 65.7 Å². The summed E-state index contributed by atoms with van der Waals surface area (Å²) in [5.41, 5.74) is 3.87. The monoisotopic (exact) mass is 467 g/mol. The van der Waals surface area contributed by atoms with Crippen molar-refractivity contribution in [1.82, 2.24) is 10.1 Å². The number of nitrogens with zero attached hydrogens (tertiary/aromatic N) is 3. The van der Waals surface area contributed by atoms with Crippen LogP contribution in [0.3, 0.4) is 0 Å². The van der Waals surface area contributed by atoms with Crippen molar-refractivity contribution in [3.63, 3.8) is 0 Å². The van der Waals surface area contributed by atoms with Gasteiger partial charge in [-0.25, -0.2) is 0 Å². The molecular formula is C25H29N3O4S. The van der Waals surface area contributed by atoms with E-state index in [1.807, 2.05) is 34.5 Å². The van der Waals surface area contributed by atoms with Gasteiger partial charge in [0.25, 0.3) is 5.91 Å². The standard InChI is InChI=1S/C25H29N3O4S/c1-18-5-2-6-19(15-18)23-21(25(32-26-23)27-9-12-30-13-10-27)17-28(16-20-7-3-11-31-20)24(29)22-8-4-14-33-22/h2,4-6,8,14-15,20H,3,7,9-13,16-17H2,1H3. The molecule has 1 atom stereocenters. The summed E-state index contributed by atoms with van der Waals surface area (Å²) in [5.74, 6) is 0.746. The largest absolute Gasteiger partial charge is 0.378 e. The van der Waals surface area contributed by atoms with E-state index in [2.05, 4.69) is 29.1 Å². The van der Waals surface area contributed by atoms with Crippen LogP contribution in [0, 0.1) is 6.92 Å². The summed E-state index contributed by atoms with van der Waals surface area (Å²) < 4.78 is 17.4. The van der Waals surface area contributed by atoms with Gasteiger partial charge in [0.15, 0.2) is 0 Å². The number of benzene rings is 1. The van der Waals surface area contributed by atoms with Gasteiger partial charge in [-0.2, -0.15) is 0 Å². The third-order valence-corrected chi connectivity index (χ3v) is 7.03. The number of hydrogen-bond donors (Lipinski definition) is 0. The Kier molecular flexibility index (Phi) is 6.75. The predicted octanol–water partition coefficient (Wildman–Crippen LogP) is 4.37. The molecule has 1 unspecified atom stereocenters. The maximum atomic E-state index is 13.5. The number of carbonyl (C=O) groups excluding carboxylic acids is 1. The second kappa shape index (κ2) is 10.1. The molecule has 7 nitrogen and oxygen atoms in total. The number of aromatic nitrogens is 1. The molecule has 0 saturated carbocycles. The highest BCUT2D eigenvalue weighted by Crippen LogP contribution is 2.34. The number of hydrogen-bond acceptors (Lipinski definition) is 7. The Bertz CT molecular complexity index is 1070. The lowest BCUT2D eigenvalue weighted by Gasteiger charge is -2.29. The molecule has 2 aromatic heterocycles. The molecule has 0 aliphatic carbocycles. The predicted molar refractivity (Wildman–Crippen MR) is 128 cm³/mol. The van der Waals surface area contributed by atoms with Crippen LogP contribution in [0.4, 0.5) is 5.88 Å². The summed E-state index contributed by atoms with van der Waals surface area (Å²) in [4.78, 5) is 18.3. The Hall–Kier alpha value is -2.68. The van der Waals surface area contributed by atoms with Crippen molar-refractivity contribution in [2.45, 2.75) is 32.4 Å². The number of amides is 1. The van der Waals surface area contributed by atoms with Crippen molar-refractivity contribution < 1.29 is 18.8 Å². The lowest BCUT2D eigenvalue weighted by molar-refractivity contribution is 0.0511. The van der Waals surface area contributed by atoms with Crippen LogP contribution in [-0.2, 0) is 16.0 Å². The fraction of sp³-hybridized carbons (Fsp3) is 0.440. The fourth-order valence-corrected chi connectivity index (χ4v) is 5.17. The molecule has 0 spiro atoms. The van der Waals surface area contributed by atoms with E-state index in [9.17, 15) is 4.79 Å². The molecule has 4 heterocycles. The second-order valence-corrected chi connectivity index (χ2v) is 9.53. The summed E-state index contributed by atoms with van der Waals surface area (Å²) >= 11 is 1.47. The van der Waals surface area contributed by atoms with E-state index >= 15 is 0 Å². The van der Waals surface area contributed by atoms with Gasteiger partial charge in [-0.3, -0.25) is 4.79 Å². The summed E-state index contributed by atoms with van der Waals surface area (Å²) in [6.07, 6.45) is 2.06. The first kappa shape index (κ1) is 22.1. The van der Waals surface area contributed by atoms with Gasteiger partial charge in [-0.15, -0.1) is 11.3 Å². The smallest absolute Gasteiger partial charge is 0.264 e. The van der Waals surface area contributed by atoms with Crippen LogP contribution in [0.15, 0.2) is 46.3 Å². The molecule has 0 N–H and O–H groups in total. The van der Waals surface area contributed by atoms with E-state index in [-0.39, 0.29) is 12.0 Å². The Labute approximate surface area is 197 Å². The highest BCUT2D eigenvalue weighted by atomic mass is 32.1. The molecule has 2 saturated heterocycles. The Morgan fingerprint density at radius 1 is 1.21 bits per heavy atom. The third-order valence-electron chi connectivity index (χ3n) is 6.17. The molecule has 1 aromatic carbocycles. The van der Waals surface area contributed by atoms with Gasteiger partial charge in [0, 0.05) is 31.8 Å². The first-order valence-corrected chi connectivity index (χ1v) is 12.4. The third kappa shape index (κ3) is 4.98. The first-order chi connectivity index (χ1) is 16.2. The van der Waals surface area contributed by atoms with Gasteiger partial charge in [0.2, 0.25) is 5.88 Å². The number of carbonyl (C=O) groups is 1. The Morgan fingerprint density at radius 3 is 2.82 bits per heavy atom. The molecule has 33 heavy (non-hydrogen) atoms. The lowest BCUT2D eigenvalue weighted by atomic mass is 10.0. The molecule has 2 aliphatic heterocycles. The highest BCUT2D eigenvalue weighted by molar-refractivity contribution is 7.12. The SMILES string of the molecule is Cc1cccc(-c2noc(N3CCOCC3)c2CN(CC2CCCO2)C(=O)c2cccs2)c1. The van der Waals surface area contributed by atoms with Crippen molar-refractivity contribution in [2.24, 2.45) is 0 Å². The van der Waals surface area contributed by atoms with Gasteiger partial charge in [0.1, 0.15) is 5.69 Å². The number of ether oxygens (including phenoxy) is 2. The minimum absolute atomic E-state index is 0.0184. The molecule has 0 radical (unpaired) electrons. The van der Waals surface area contributed by atoms with Gasteiger partial charge in [-0.1, -0.05) is 35.0 Å². The van der Waals surface area contributed by atoms with Crippen molar-refractivity contribution in [3.05, 3.63) is 57.8 Å². The molecule has 174 valence electrons. The van der Waals surface area contributed by atoms with Crippen LogP contribution >= 0.6 is 11.3 Å². The van der Waals surface area contributed by atoms with Crippen LogP contribution in [0.25, 0.3) is 11.3 Å². The van der Waals surface area contributed by atoms with E-state index in [4.69, 9.17) is 14.0 Å². The molecule has 5 rings (SSSR count). The molecule has 3 aromatic rings. The minimum Gasteiger partial charge on any atom is -0.378 e. The van der Waals surface area contributed by atoms with Gasteiger partial charge in [0.05, 0.1) is 36.3 Å². The summed E-state index contributed by atoms with van der Waals surface area (Å²) in [6.45, 7) is 6.55. The number of morpholine rings is 1. The van der Waals surface area contributed by atoms with Gasteiger partial charge < -0.3 is 23.8 Å². The number of thiophene rings is 1. The minimum atomic E-state index is 0.0184. The lowest BCUT2D eigenvalue weighted by Crippen LogP contribution is -2.39. The topological polar surface area (TPSA) is 68.0 Å². The van der Waals surface area contributed by atoms with Crippen LogP contribution in [0.2, 0.25) is 0 Å². The summed E-state index contributed by atoms with van der Waals surface area (Å²) in [6, 6.07) is 12.0. The second-order valence-electron chi connectivity index (χ2n) is 8.58. The Balaban J connectivity index is 1.52. The van der Waals surface area contributed by atoms with Crippen molar-refractivity contribution >= 4 is 23.1 Å². The molecular weight excluding hydrogens is 438 g/mol. The molecule has 8 heteroatoms. The van der Waals surface area contributed by atoms with Crippen LogP contribution in [0.5, 0.6) is 0 Å². The summed E-state index contributed by atoms with van der Waals surface area (Å²) in [7, 11) is 0. The van der Waals surface area contributed by atoms with E-state index < -0.39 is 0 Å². The average molecular weight is 468 g/mol. The Morgan fingerprint density at radius 2 is 2.09 bits per heavy atom. The zero-order valence-electron chi connectivity index (χ0n) is 18.9. The van der Waals surface area contributed by atoms with E-state index in [0.29, 0.717) is 26.3 Å². The van der Waals surface area contributed by atoms with Crippen LogP contribution in [0.1, 0.15) is 33.6 Å². The maximum Gasteiger partial charge on any atom is 0.264 e. The number of anilines is 1. The van der Waals surface area contributed by atoms with Crippen LogP contribution in [-0.4, -0.2) is 61.5 Å². The van der Waals surface area contributed by atoms with Crippen LogP contribution < -0.4 is 4.90 Å². The first-order valence-electron chi connectivity index (χ1n) is 11.5. The zero-order chi connectivity index (χ0) is 22.6. The average Bonchev–Trinajstić information content (AvgIpc) is 3.61. The van der Waals surface area contributed by atoms with Crippen molar-refractivity contribution in [1.29, 1.82) is 0 Å². The zero-order valence-corrected chi connectivity index (χ0v) is 19.7. The highest BCUT2D eigenvalue weighted by Gasteiger charge is 2.30. The molecule has 0 bridgehead atoms. The maximum absolute atomic E-state index is 13.5.